The molecule has 3 rings (SSSR count). The van der Waals surface area contributed by atoms with Gasteiger partial charge in [-0.05, 0) is 55.0 Å². The van der Waals surface area contributed by atoms with Crippen molar-refractivity contribution in [2.45, 2.75) is 31.6 Å². The number of amides is 1. The predicted octanol–water partition coefficient (Wildman–Crippen LogP) is 3.75. The van der Waals surface area contributed by atoms with E-state index in [0.717, 1.165) is 36.6 Å². The van der Waals surface area contributed by atoms with Crippen LogP contribution in [0, 0.1) is 6.92 Å². The van der Waals surface area contributed by atoms with Gasteiger partial charge in [0.25, 0.3) is 5.91 Å². The van der Waals surface area contributed by atoms with E-state index in [1.165, 1.54) is 24.0 Å². The first-order valence-electron chi connectivity index (χ1n) is 10.3. The standard InChI is InChI=1S/C24H32N4O.HI/c1-18-8-5-6-11-21(18)24(13-14-24)17-27-23(25-2)26-15-12-19-9-7-10-20(16-19)22(29)28(3)4;/h5-11,16H,12-15,17H2,1-4H3,(H2,25,26,27);1H. The number of hydrogen-bond acceptors (Lipinski definition) is 2. The molecule has 0 aromatic heterocycles. The van der Waals surface area contributed by atoms with E-state index in [1.54, 1.807) is 26.0 Å². The minimum absolute atomic E-state index is 0. The molecule has 0 aliphatic heterocycles. The molecule has 0 bridgehead atoms. The van der Waals surface area contributed by atoms with Gasteiger partial charge in [-0.2, -0.15) is 0 Å². The summed E-state index contributed by atoms with van der Waals surface area (Å²) in [6.07, 6.45) is 3.27. The molecule has 6 heteroatoms. The number of carbonyl (C=O) groups is 1. The van der Waals surface area contributed by atoms with Gasteiger partial charge in [-0.15, -0.1) is 24.0 Å². The summed E-state index contributed by atoms with van der Waals surface area (Å²) in [5.74, 6) is 0.855. The Morgan fingerprint density at radius 3 is 2.47 bits per heavy atom. The molecule has 1 saturated carbocycles. The van der Waals surface area contributed by atoms with Crippen molar-refractivity contribution in [2.75, 3.05) is 34.2 Å². The van der Waals surface area contributed by atoms with Crippen LogP contribution in [0.3, 0.4) is 0 Å². The Morgan fingerprint density at radius 2 is 1.83 bits per heavy atom. The van der Waals surface area contributed by atoms with Crippen molar-refractivity contribution in [3.05, 3.63) is 70.8 Å². The number of hydrogen-bond donors (Lipinski definition) is 2. The van der Waals surface area contributed by atoms with Gasteiger partial charge in [0.05, 0.1) is 0 Å². The summed E-state index contributed by atoms with van der Waals surface area (Å²) in [5, 5.41) is 6.91. The number of aliphatic imine (C=N–C) groups is 1. The van der Waals surface area contributed by atoms with Crippen LogP contribution < -0.4 is 10.6 Å². The highest BCUT2D eigenvalue weighted by atomic mass is 127. The first kappa shape index (κ1) is 24.2. The lowest BCUT2D eigenvalue weighted by Crippen LogP contribution is -2.42. The highest BCUT2D eigenvalue weighted by Crippen LogP contribution is 2.48. The summed E-state index contributed by atoms with van der Waals surface area (Å²) in [5.41, 5.74) is 4.92. The molecule has 2 aromatic carbocycles. The van der Waals surface area contributed by atoms with Crippen molar-refractivity contribution < 1.29 is 4.79 Å². The highest BCUT2D eigenvalue weighted by molar-refractivity contribution is 14.0. The maximum Gasteiger partial charge on any atom is 0.253 e. The molecule has 30 heavy (non-hydrogen) atoms. The summed E-state index contributed by atoms with van der Waals surface area (Å²) in [4.78, 5) is 18.1. The molecule has 0 spiro atoms. The van der Waals surface area contributed by atoms with Crippen molar-refractivity contribution in [1.29, 1.82) is 0 Å². The molecule has 0 atom stereocenters. The lowest BCUT2D eigenvalue weighted by atomic mass is 9.92. The first-order chi connectivity index (χ1) is 13.9. The number of halogens is 1. The third kappa shape index (κ3) is 5.97. The van der Waals surface area contributed by atoms with Gasteiger partial charge in [-0.1, -0.05) is 36.4 Å². The summed E-state index contributed by atoms with van der Waals surface area (Å²) < 4.78 is 0. The highest BCUT2D eigenvalue weighted by Gasteiger charge is 2.44. The molecule has 0 saturated heterocycles. The summed E-state index contributed by atoms with van der Waals surface area (Å²) in [7, 11) is 5.35. The van der Waals surface area contributed by atoms with E-state index < -0.39 is 0 Å². The predicted molar refractivity (Wildman–Crippen MR) is 135 cm³/mol. The number of benzene rings is 2. The van der Waals surface area contributed by atoms with Crippen molar-refractivity contribution in [3.8, 4) is 0 Å². The third-order valence-electron chi connectivity index (χ3n) is 5.67. The molecule has 2 N–H and O–H groups in total. The Labute approximate surface area is 197 Å². The minimum Gasteiger partial charge on any atom is -0.356 e. The van der Waals surface area contributed by atoms with E-state index in [2.05, 4.69) is 52.9 Å². The number of carbonyl (C=O) groups excluding carboxylic acids is 1. The molecule has 1 aliphatic rings. The van der Waals surface area contributed by atoms with E-state index in [-0.39, 0.29) is 35.3 Å². The maximum absolute atomic E-state index is 12.1. The van der Waals surface area contributed by atoms with Crippen LogP contribution in [0.1, 0.15) is 39.9 Å². The molecule has 0 heterocycles. The summed E-state index contributed by atoms with van der Waals surface area (Å²) in [6, 6.07) is 16.5. The van der Waals surface area contributed by atoms with E-state index in [0.29, 0.717) is 0 Å². The lowest BCUT2D eigenvalue weighted by Gasteiger charge is -2.21. The zero-order valence-corrected chi connectivity index (χ0v) is 20.7. The van der Waals surface area contributed by atoms with Crippen LogP contribution in [0.25, 0.3) is 0 Å². The van der Waals surface area contributed by atoms with Crippen molar-refractivity contribution in [3.63, 3.8) is 0 Å². The molecule has 0 radical (unpaired) electrons. The molecule has 1 amide bonds. The second-order valence-corrected chi connectivity index (χ2v) is 8.10. The molecule has 1 fully saturated rings. The molecule has 5 nitrogen and oxygen atoms in total. The van der Waals surface area contributed by atoms with Gasteiger partial charge in [0, 0.05) is 45.2 Å². The van der Waals surface area contributed by atoms with Gasteiger partial charge >= 0.3 is 0 Å². The third-order valence-corrected chi connectivity index (χ3v) is 5.67. The fourth-order valence-electron chi connectivity index (χ4n) is 3.78. The van der Waals surface area contributed by atoms with Crippen molar-refractivity contribution >= 4 is 35.8 Å². The Balaban J connectivity index is 0.00000320. The molecule has 1 aliphatic carbocycles. The normalized spacial score (nSPS) is 14.5. The number of rotatable bonds is 7. The average molecular weight is 520 g/mol. The van der Waals surface area contributed by atoms with Crippen molar-refractivity contribution in [2.24, 2.45) is 4.99 Å². The SMILES string of the molecule is CN=C(NCCc1cccc(C(=O)N(C)C)c1)NCC1(c2ccccc2C)CC1.I. The number of nitrogens with one attached hydrogen (secondary N) is 2. The maximum atomic E-state index is 12.1. The van der Waals surface area contributed by atoms with Crippen LogP contribution in [0.5, 0.6) is 0 Å². The van der Waals surface area contributed by atoms with Gasteiger partial charge in [0.15, 0.2) is 5.96 Å². The topological polar surface area (TPSA) is 56.7 Å². The second-order valence-electron chi connectivity index (χ2n) is 8.10. The minimum atomic E-state index is 0. The smallest absolute Gasteiger partial charge is 0.253 e. The summed E-state index contributed by atoms with van der Waals surface area (Å²) in [6.45, 7) is 3.85. The van der Waals surface area contributed by atoms with Crippen LogP contribution in [0.2, 0.25) is 0 Å². The number of guanidine groups is 1. The Bertz CT molecular complexity index is 890. The van der Waals surface area contributed by atoms with E-state index in [1.807, 2.05) is 18.2 Å². The largest absolute Gasteiger partial charge is 0.356 e. The number of aryl methyl sites for hydroxylation is 1. The van der Waals surface area contributed by atoms with E-state index in [4.69, 9.17) is 0 Å². The average Bonchev–Trinajstić information content (AvgIpc) is 3.51. The van der Waals surface area contributed by atoms with Gasteiger partial charge in [-0.3, -0.25) is 9.79 Å². The summed E-state index contributed by atoms with van der Waals surface area (Å²) >= 11 is 0. The second kappa shape index (κ2) is 10.8. The van der Waals surface area contributed by atoms with Gasteiger partial charge in [-0.25, -0.2) is 0 Å². The number of nitrogens with zero attached hydrogens (tertiary/aromatic N) is 2. The molecule has 162 valence electrons. The van der Waals surface area contributed by atoms with Gasteiger partial charge in [0.2, 0.25) is 0 Å². The fraction of sp³-hybridized carbons (Fsp3) is 0.417. The van der Waals surface area contributed by atoms with E-state index in [9.17, 15) is 4.79 Å². The zero-order chi connectivity index (χ0) is 20.9. The fourth-order valence-corrected chi connectivity index (χ4v) is 3.78. The van der Waals surface area contributed by atoms with Gasteiger partial charge in [0.1, 0.15) is 0 Å². The van der Waals surface area contributed by atoms with Crippen LogP contribution in [-0.2, 0) is 11.8 Å². The molecule has 2 aromatic rings. The molecular weight excluding hydrogens is 487 g/mol. The van der Waals surface area contributed by atoms with Crippen LogP contribution in [0.4, 0.5) is 0 Å². The lowest BCUT2D eigenvalue weighted by molar-refractivity contribution is 0.0827. The van der Waals surface area contributed by atoms with Crippen LogP contribution in [0.15, 0.2) is 53.5 Å². The molecule has 0 unspecified atom stereocenters. The van der Waals surface area contributed by atoms with Crippen LogP contribution >= 0.6 is 24.0 Å². The Morgan fingerprint density at radius 1 is 1.10 bits per heavy atom. The Hall–Kier alpha value is -2.09. The monoisotopic (exact) mass is 520 g/mol. The van der Waals surface area contributed by atoms with Crippen LogP contribution in [-0.4, -0.2) is 51.0 Å². The first-order valence-corrected chi connectivity index (χ1v) is 10.3. The van der Waals surface area contributed by atoms with Crippen molar-refractivity contribution in [1.82, 2.24) is 15.5 Å². The Kier molecular flexibility index (Phi) is 8.70. The quantitative estimate of drug-likeness (QED) is 0.332. The molecular formula is C24H33IN4O. The zero-order valence-electron chi connectivity index (χ0n) is 18.4. The van der Waals surface area contributed by atoms with Gasteiger partial charge < -0.3 is 15.5 Å². The van der Waals surface area contributed by atoms with E-state index >= 15 is 0 Å².